The van der Waals surface area contributed by atoms with Gasteiger partial charge in [0.2, 0.25) is 0 Å². The van der Waals surface area contributed by atoms with Crippen molar-refractivity contribution in [2.45, 2.75) is 32.2 Å². The van der Waals surface area contributed by atoms with E-state index in [0.717, 1.165) is 18.7 Å². The van der Waals surface area contributed by atoms with Crippen molar-refractivity contribution in [3.8, 4) is 0 Å². The van der Waals surface area contributed by atoms with Crippen molar-refractivity contribution in [3.05, 3.63) is 24.0 Å². The van der Waals surface area contributed by atoms with Crippen molar-refractivity contribution >= 4 is 11.4 Å². The zero-order chi connectivity index (χ0) is 10.8. The third kappa shape index (κ3) is 1.91. The van der Waals surface area contributed by atoms with E-state index >= 15 is 0 Å². The Morgan fingerprint density at radius 1 is 1.53 bits per heavy atom. The van der Waals surface area contributed by atoms with Crippen LogP contribution in [0.25, 0.3) is 0 Å². The molecular formula is C12H17FN2. The van der Waals surface area contributed by atoms with Crippen molar-refractivity contribution in [2.75, 3.05) is 17.2 Å². The van der Waals surface area contributed by atoms with E-state index in [4.69, 9.17) is 5.73 Å². The summed E-state index contributed by atoms with van der Waals surface area (Å²) in [6.45, 7) is 3.22. The van der Waals surface area contributed by atoms with Crippen molar-refractivity contribution in [2.24, 2.45) is 0 Å². The van der Waals surface area contributed by atoms with E-state index < -0.39 is 0 Å². The summed E-state index contributed by atoms with van der Waals surface area (Å²) in [7, 11) is 0. The number of halogens is 1. The lowest BCUT2D eigenvalue weighted by molar-refractivity contribution is 0.625. The topological polar surface area (TPSA) is 29.3 Å². The first-order valence-corrected chi connectivity index (χ1v) is 5.54. The average molecular weight is 208 g/mol. The number of anilines is 2. The monoisotopic (exact) mass is 208 g/mol. The Hall–Kier alpha value is -1.25. The Labute approximate surface area is 89.9 Å². The fourth-order valence-corrected chi connectivity index (χ4v) is 2.36. The molecule has 1 aromatic carbocycles. The highest BCUT2D eigenvalue weighted by Crippen LogP contribution is 2.31. The van der Waals surface area contributed by atoms with Gasteiger partial charge in [-0.3, -0.25) is 0 Å². The van der Waals surface area contributed by atoms with Gasteiger partial charge in [0.1, 0.15) is 5.82 Å². The van der Waals surface area contributed by atoms with Crippen LogP contribution in [0.4, 0.5) is 15.8 Å². The SMILES string of the molecule is CCC1CCCN1c1ccc(F)cc1N. The van der Waals surface area contributed by atoms with Crippen LogP contribution in [0.2, 0.25) is 0 Å². The number of nitrogens with two attached hydrogens (primary N) is 1. The first kappa shape index (κ1) is 10.3. The molecule has 0 saturated carbocycles. The summed E-state index contributed by atoms with van der Waals surface area (Å²) in [5, 5.41) is 0. The molecule has 3 heteroatoms. The van der Waals surface area contributed by atoms with Gasteiger partial charge in [-0.25, -0.2) is 4.39 Å². The quantitative estimate of drug-likeness (QED) is 0.757. The van der Waals surface area contributed by atoms with Crippen molar-refractivity contribution < 1.29 is 4.39 Å². The number of hydrogen-bond acceptors (Lipinski definition) is 2. The Morgan fingerprint density at radius 2 is 2.33 bits per heavy atom. The van der Waals surface area contributed by atoms with Crippen LogP contribution in [0.3, 0.4) is 0 Å². The maximum Gasteiger partial charge on any atom is 0.125 e. The van der Waals surface area contributed by atoms with Gasteiger partial charge in [0.25, 0.3) is 0 Å². The number of nitrogens with zero attached hydrogens (tertiary/aromatic N) is 1. The third-order valence-corrected chi connectivity index (χ3v) is 3.15. The van der Waals surface area contributed by atoms with Gasteiger partial charge in [0, 0.05) is 12.6 Å². The van der Waals surface area contributed by atoms with Crippen LogP contribution in [-0.2, 0) is 0 Å². The highest BCUT2D eigenvalue weighted by atomic mass is 19.1. The summed E-state index contributed by atoms with van der Waals surface area (Å²) in [5.41, 5.74) is 7.37. The summed E-state index contributed by atoms with van der Waals surface area (Å²) < 4.78 is 12.9. The second-order valence-electron chi connectivity index (χ2n) is 4.10. The molecule has 1 atom stereocenters. The van der Waals surface area contributed by atoms with Crippen molar-refractivity contribution in [1.29, 1.82) is 0 Å². The Morgan fingerprint density at radius 3 is 3.00 bits per heavy atom. The van der Waals surface area contributed by atoms with E-state index in [1.807, 2.05) is 0 Å². The molecule has 1 fully saturated rings. The van der Waals surface area contributed by atoms with Gasteiger partial charge in [-0.05, 0) is 37.5 Å². The van der Waals surface area contributed by atoms with Crippen LogP contribution in [0.5, 0.6) is 0 Å². The molecule has 0 radical (unpaired) electrons. The van der Waals surface area contributed by atoms with Crippen LogP contribution in [-0.4, -0.2) is 12.6 Å². The minimum atomic E-state index is -0.261. The predicted molar refractivity (Wildman–Crippen MR) is 61.5 cm³/mol. The molecule has 0 bridgehead atoms. The van der Waals surface area contributed by atoms with E-state index in [-0.39, 0.29) is 5.82 Å². The molecule has 2 nitrogen and oxygen atoms in total. The molecule has 2 rings (SSSR count). The number of hydrogen-bond donors (Lipinski definition) is 1. The van der Waals surface area contributed by atoms with Gasteiger partial charge >= 0.3 is 0 Å². The summed E-state index contributed by atoms with van der Waals surface area (Å²) in [6.07, 6.45) is 3.54. The fourth-order valence-electron chi connectivity index (χ4n) is 2.36. The summed E-state index contributed by atoms with van der Waals surface area (Å²) in [4.78, 5) is 2.30. The minimum absolute atomic E-state index is 0.261. The van der Waals surface area contributed by atoms with Crippen LogP contribution >= 0.6 is 0 Å². The molecule has 1 aliphatic heterocycles. The van der Waals surface area contributed by atoms with Crippen LogP contribution in [0.15, 0.2) is 18.2 Å². The predicted octanol–water partition coefficient (Wildman–Crippen LogP) is 2.79. The van der Waals surface area contributed by atoms with Gasteiger partial charge < -0.3 is 10.6 Å². The van der Waals surface area contributed by atoms with Gasteiger partial charge in [-0.1, -0.05) is 6.92 Å². The van der Waals surface area contributed by atoms with Gasteiger partial charge in [-0.2, -0.15) is 0 Å². The molecule has 2 N–H and O–H groups in total. The van der Waals surface area contributed by atoms with E-state index in [1.54, 1.807) is 6.07 Å². The van der Waals surface area contributed by atoms with E-state index in [9.17, 15) is 4.39 Å². The normalized spacial score (nSPS) is 20.9. The first-order valence-electron chi connectivity index (χ1n) is 5.54. The largest absolute Gasteiger partial charge is 0.397 e. The van der Waals surface area contributed by atoms with Crippen LogP contribution in [0.1, 0.15) is 26.2 Å². The molecule has 1 unspecified atom stereocenters. The lowest BCUT2D eigenvalue weighted by Gasteiger charge is -2.27. The lowest BCUT2D eigenvalue weighted by atomic mass is 10.1. The second-order valence-corrected chi connectivity index (χ2v) is 4.10. The lowest BCUT2D eigenvalue weighted by Crippen LogP contribution is -2.29. The van der Waals surface area contributed by atoms with Crippen molar-refractivity contribution in [3.63, 3.8) is 0 Å². The maximum absolute atomic E-state index is 12.9. The average Bonchev–Trinajstić information content (AvgIpc) is 2.65. The second kappa shape index (κ2) is 4.09. The maximum atomic E-state index is 12.9. The molecule has 1 heterocycles. The molecule has 1 saturated heterocycles. The van der Waals surface area contributed by atoms with Crippen LogP contribution < -0.4 is 10.6 Å². The molecular weight excluding hydrogens is 191 g/mol. The van der Waals surface area contributed by atoms with Gasteiger partial charge in [0.05, 0.1) is 11.4 Å². The standard InChI is InChI=1S/C12H17FN2/c1-2-10-4-3-7-15(10)12-6-5-9(13)8-11(12)14/h5-6,8,10H,2-4,7,14H2,1H3. The van der Waals surface area contributed by atoms with E-state index in [0.29, 0.717) is 11.7 Å². The Balaban J connectivity index is 2.28. The number of nitrogen functional groups attached to an aromatic ring is 1. The molecule has 0 aromatic heterocycles. The van der Waals surface area contributed by atoms with Gasteiger partial charge in [0.15, 0.2) is 0 Å². The van der Waals surface area contributed by atoms with Crippen molar-refractivity contribution in [1.82, 2.24) is 0 Å². The Bertz CT molecular complexity index is 351. The van der Waals surface area contributed by atoms with E-state index in [1.165, 1.54) is 25.0 Å². The van der Waals surface area contributed by atoms with E-state index in [2.05, 4.69) is 11.8 Å². The number of benzene rings is 1. The highest BCUT2D eigenvalue weighted by Gasteiger charge is 2.24. The minimum Gasteiger partial charge on any atom is -0.397 e. The summed E-state index contributed by atoms with van der Waals surface area (Å²) in [6, 6.07) is 5.24. The number of rotatable bonds is 2. The fraction of sp³-hybridized carbons (Fsp3) is 0.500. The Kier molecular flexibility index (Phi) is 2.80. The molecule has 0 amide bonds. The molecule has 1 aliphatic rings. The summed E-state index contributed by atoms with van der Waals surface area (Å²) >= 11 is 0. The molecule has 1 aromatic rings. The summed E-state index contributed by atoms with van der Waals surface area (Å²) in [5.74, 6) is -0.261. The highest BCUT2D eigenvalue weighted by molar-refractivity contribution is 5.68. The third-order valence-electron chi connectivity index (χ3n) is 3.15. The van der Waals surface area contributed by atoms with Crippen LogP contribution in [0, 0.1) is 5.82 Å². The molecule has 15 heavy (non-hydrogen) atoms. The smallest absolute Gasteiger partial charge is 0.125 e. The van der Waals surface area contributed by atoms with Gasteiger partial charge in [-0.15, -0.1) is 0 Å². The molecule has 0 aliphatic carbocycles. The first-order chi connectivity index (χ1) is 7.22. The zero-order valence-electron chi connectivity index (χ0n) is 9.04. The molecule has 0 spiro atoms. The molecule has 82 valence electrons. The zero-order valence-corrected chi connectivity index (χ0v) is 9.04.